The minimum atomic E-state index is 0.0771. The Hall–Kier alpha value is -2.04. The molecule has 0 aliphatic heterocycles. The SMILES string of the molecule is CC(C)COc1ccc(CCNC(=O)C2CCC(NC(=O)CC3CCCCC3)CC2)cc1. The van der Waals surface area contributed by atoms with Gasteiger partial charge in [0.25, 0.3) is 0 Å². The smallest absolute Gasteiger partial charge is 0.223 e. The van der Waals surface area contributed by atoms with Gasteiger partial charge in [0.05, 0.1) is 6.61 Å². The largest absolute Gasteiger partial charge is 0.493 e. The van der Waals surface area contributed by atoms with Crippen LogP contribution >= 0.6 is 0 Å². The van der Waals surface area contributed by atoms with E-state index in [0.717, 1.165) is 44.5 Å². The highest BCUT2D eigenvalue weighted by molar-refractivity contribution is 5.79. The Bertz CT molecular complexity index is 702. The maximum absolute atomic E-state index is 12.6. The summed E-state index contributed by atoms with van der Waals surface area (Å²) in [4.78, 5) is 24.9. The molecule has 0 atom stereocenters. The van der Waals surface area contributed by atoms with Gasteiger partial charge in [0.2, 0.25) is 11.8 Å². The zero-order valence-electron chi connectivity index (χ0n) is 20.0. The van der Waals surface area contributed by atoms with Crippen molar-refractivity contribution in [1.29, 1.82) is 0 Å². The number of rotatable bonds is 10. The number of hydrogen-bond donors (Lipinski definition) is 2. The number of hydrogen-bond acceptors (Lipinski definition) is 3. The van der Waals surface area contributed by atoms with Gasteiger partial charge in [-0.3, -0.25) is 9.59 Å². The number of benzene rings is 1. The first kappa shape index (κ1) is 24.6. The van der Waals surface area contributed by atoms with Crippen molar-refractivity contribution in [2.75, 3.05) is 13.2 Å². The van der Waals surface area contributed by atoms with Crippen molar-refractivity contribution in [2.45, 2.75) is 90.5 Å². The minimum Gasteiger partial charge on any atom is -0.493 e. The molecule has 2 fully saturated rings. The van der Waals surface area contributed by atoms with Crippen LogP contribution in [0.3, 0.4) is 0 Å². The van der Waals surface area contributed by atoms with Gasteiger partial charge in [-0.05, 0) is 74.5 Å². The fourth-order valence-corrected chi connectivity index (χ4v) is 4.93. The molecule has 2 aliphatic rings. The van der Waals surface area contributed by atoms with Crippen LogP contribution in [0.5, 0.6) is 5.75 Å². The highest BCUT2D eigenvalue weighted by Gasteiger charge is 2.27. The second-order valence-corrected chi connectivity index (χ2v) is 10.2. The van der Waals surface area contributed by atoms with E-state index in [1.807, 2.05) is 12.1 Å². The lowest BCUT2D eigenvalue weighted by Crippen LogP contribution is -2.41. The standard InChI is InChI=1S/C27H42N2O3/c1-20(2)19-32-25-14-8-21(9-15-25)16-17-28-27(31)23-10-12-24(13-11-23)29-26(30)18-22-6-4-3-5-7-22/h8-9,14-15,20,22-24H,3-7,10-13,16-19H2,1-2H3,(H,28,31)(H,29,30). The number of carbonyl (C=O) groups excluding carboxylic acids is 2. The Labute approximate surface area is 194 Å². The Morgan fingerprint density at radius 3 is 2.31 bits per heavy atom. The quantitative estimate of drug-likeness (QED) is 0.534. The molecule has 5 nitrogen and oxygen atoms in total. The summed E-state index contributed by atoms with van der Waals surface area (Å²) in [5.41, 5.74) is 1.20. The molecule has 2 aliphatic carbocycles. The van der Waals surface area contributed by atoms with Crippen molar-refractivity contribution < 1.29 is 14.3 Å². The normalized spacial score (nSPS) is 21.8. The van der Waals surface area contributed by atoms with Gasteiger partial charge in [0.1, 0.15) is 5.75 Å². The maximum Gasteiger partial charge on any atom is 0.223 e. The summed E-state index contributed by atoms with van der Waals surface area (Å²) in [6.07, 6.45) is 11.3. The van der Waals surface area contributed by atoms with Gasteiger partial charge in [-0.1, -0.05) is 45.2 Å². The van der Waals surface area contributed by atoms with E-state index < -0.39 is 0 Å². The first-order chi connectivity index (χ1) is 15.5. The molecule has 0 aromatic heterocycles. The molecule has 0 heterocycles. The minimum absolute atomic E-state index is 0.0771. The molecular formula is C27H42N2O3. The Balaban J connectivity index is 1.29. The van der Waals surface area contributed by atoms with Crippen LogP contribution < -0.4 is 15.4 Å². The van der Waals surface area contributed by atoms with Gasteiger partial charge in [0.15, 0.2) is 0 Å². The number of ether oxygens (including phenoxy) is 1. The van der Waals surface area contributed by atoms with Crippen LogP contribution in [0.4, 0.5) is 0 Å². The molecule has 0 unspecified atom stereocenters. The Morgan fingerprint density at radius 2 is 1.66 bits per heavy atom. The molecular weight excluding hydrogens is 400 g/mol. The van der Waals surface area contributed by atoms with Crippen LogP contribution in [-0.4, -0.2) is 31.0 Å². The Morgan fingerprint density at radius 1 is 0.969 bits per heavy atom. The summed E-state index contributed by atoms with van der Waals surface area (Å²) in [6.45, 7) is 5.65. The van der Waals surface area contributed by atoms with Crippen LogP contribution in [0.1, 0.15) is 83.6 Å². The van der Waals surface area contributed by atoms with Gasteiger partial charge in [0, 0.05) is 24.9 Å². The van der Waals surface area contributed by atoms with Crippen molar-refractivity contribution in [3.8, 4) is 5.75 Å². The van der Waals surface area contributed by atoms with Crippen molar-refractivity contribution in [3.63, 3.8) is 0 Å². The lowest BCUT2D eigenvalue weighted by atomic mass is 9.84. The van der Waals surface area contributed by atoms with Gasteiger partial charge >= 0.3 is 0 Å². The number of carbonyl (C=O) groups is 2. The molecule has 1 aromatic carbocycles. The molecule has 3 rings (SSSR count). The van der Waals surface area contributed by atoms with Crippen LogP contribution in [-0.2, 0) is 16.0 Å². The van der Waals surface area contributed by atoms with Crippen molar-refractivity contribution in [2.24, 2.45) is 17.8 Å². The lowest BCUT2D eigenvalue weighted by molar-refractivity contribution is -0.126. The molecule has 178 valence electrons. The zero-order valence-corrected chi connectivity index (χ0v) is 20.0. The molecule has 1 aromatic rings. The summed E-state index contributed by atoms with van der Waals surface area (Å²) in [7, 11) is 0. The predicted molar refractivity (Wildman–Crippen MR) is 129 cm³/mol. The van der Waals surface area contributed by atoms with Gasteiger partial charge in [-0.25, -0.2) is 0 Å². The number of amides is 2. The van der Waals surface area contributed by atoms with Crippen LogP contribution in [0.2, 0.25) is 0 Å². The van der Waals surface area contributed by atoms with Gasteiger partial charge in [-0.2, -0.15) is 0 Å². The molecule has 0 spiro atoms. The van der Waals surface area contributed by atoms with Crippen LogP contribution in [0.25, 0.3) is 0 Å². The topological polar surface area (TPSA) is 67.4 Å². The molecule has 32 heavy (non-hydrogen) atoms. The molecule has 0 radical (unpaired) electrons. The fourth-order valence-electron chi connectivity index (χ4n) is 4.93. The van der Waals surface area contributed by atoms with E-state index in [9.17, 15) is 9.59 Å². The van der Waals surface area contributed by atoms with Crippen LogP contribution in [0, 0.1) is 17.8 Å². The van der Waals surface area contributed by atoms with E-state index >= 15 is 0 Å². The lowest BCUT2D eigenvalue weighted by Gasteiger charge is -2.29. The Kier molecular flexibility index (Phi) is 9.89. The fraction of sp³-hybridized carbons (Fsp3) is 0.704. The molecule has 2 amide bonds. The van der Waals surface area contributed by atoms with Crippen molar-refractivity contribution in [3.05, 3.63) is 29.8 Å². The third kappa shape index (κ3) is 8.48. The van der Waals surface area contributed by atoms with Crippen molar-refractivity contribution >= 4 is 11.8 Å². The van der Waals surface area contributed by atoms with Gasteiger partial charge < -0.3 is 15.4 Å². The summed E-state index contributed by atoms with van der Waals surface area (Å²) >= 11 is 0. The monoisotopic (exact) mass is 442 g/mol. The highest BCUT2D eigenvalue weighted by Crippen LogP contribution is 2.27. The second-order valence-electron chi connectivity index (χ2n) is 10.2. The van der Waals surface area contributed by atoms with Crippen LogP contribution in [0.15, 0.2) is 24.3 Å². The highest BCUT2D eigenvalue weighted by atomic mass is 16.5. The van der Waals surface area contributed by atoms with Gasteiger partial charge in [-0.15, -0.1) is 0 Å². The third-order valence-corrected chi connectivity index (χ3v) is 6.88. The second kappa shape index (κ2) is 12.9. The first-order valence-corrected chi connectivity index (χ1v) is 12.8. The molecule has 0 bridgehead atoms. The maximum atomic E-state index is 12.6. The molecule has 2 saturated carbocycles. The summed E-state index contributed by atoms with van der Waals surface area (Å²) < 4.78 is 5.72. The zero-order chi connectivity index (χ0) is 22.8. The number of nitrogens with one attached hydrogen (secondary N) is 2. The first-order valence-electron chi connectivity index (χ1n) is 12.8. The van der Waals surface area contributed by atoms with E-state index in [0.29, 0.717) is 24.8 Å². The van der Waals surface area contributed by atoms with E-state index in [1.165, 1.54) is 37.7 Å². The van der Waals surface area contributed by atoms with E-state index in [2.05, 4.69) is 36.6 Å². The summed E-state index contributed by atoms with van der Waals surface area (Å²) in [6, 6.07) is 8.39. The summed E-state index contributed by atoms with van der Waals surface area (Å²) in [5.74, 6) is 2.44. The third-order valence-electron chi connectivity index (χ3n) is 6.88. The molecule has 0 saturated heterocycles. The predicted octanol–water partition coefficient (Wildman–Crippen LogP) is 5.03. The van der Waals surface area contributed by atoms with E-state index in [-0.39, 0.29) is 23.8 Å². The average molecular weight is 443 g/mol. The summed E-state index contributed by atoms with van der Waals surface area (Å²) in [5, 5.41) is 6.34. The average Bonchev–Trinajstić information content (AvgIpc) is 2.79. The van der Waals surface area contributed by atoms with E-state index in [4.69, 9.17) is 4.74 Å². The van der Waals surface area contributed by atoms with Crippen molar-refractivity contribution in [1.82, 2.24) is 10.6 Å². The molecule has 5 heteroatoms. The molecule has 2 N–H and O–H groups in total. The van der Waals surface area contributed by atoms with E-state index in [1.54, 1.807) is 0 Å².